The Hall–Kier alpha value is -2.78. The molecule has 0 radical (unpaired) electrons. The van der Waals surface area contributed by atoms with Crippen molar-refractivity contribution in [1.82, 2.24) is 20.0 Å². The zero-order valence-electron chi connectivity index (χ0n) is 20.1. The van der Waals surface area contributed by atoms with Crippen molar-refractivity contribution in [2.75, 3.05) is 45.3 Å². The molecule has 2 atom stereocenters. The van der Waals surface area contributed by atoms with Gasteiger partial charge in [-0.1, -0.05) is 12.1 Å². The fourth-order valence-corrected chi connectivity index (χ4v) is 5.60. The molecule has 9 heteroatoms. The minimum atomic E-state index is -2.44. The van der Waals surface area contributed by atoms with Crippen molar-refractivity contribution < 1.29 is 17.9 Å². The molecule has 0 bridgehead atoms. The molecule has 1 fully saturated rings. The lowest BCUT2D eigenvalue weighted by Crippen LogP contribution is -2.54. The highest BCUT2D eigenvalue weighted by Gasteiger charge is 2.37. The number of alkyl halides is 3. The summed E-state index contributed by atoms with van der Waals surface area (Å²) in [5.74, 6) is 0.667. The van der Waals surface area contributed by atoms with Crippen LogP contribution < -0.4 is 10.1 Å². The highest BCUT2D eigenvalue weighted by molar-refractivity contribution is 5.83. The van der Waals surface area contributed by atoms with Crippen LogP contribution in [-0.2, 0) is 6.42 Å². The fourth-order valence-electron chi connectivity index (χ4n) is 5.60. The summed E-state index contributed by atoms with van der Waals surface area (Å²) in [6.07, 6.45) is 0.625. The molecule has 3 aromatic rings. The Kier molecular flexibility index (Phi) is 6.88. The van der Waals surface area contributed by atoms with Crippen LogP contribution in [0.2, 0.25) is 0 Å². The Bertz CT molecular complexity index is 1160. The first-order valence-electron chi connectivity index (χ1n) is 12.2. The van der Waals surface area contributed by atoms with E-state index in [1.807, 2.05) is 48.4 Å². The number of nitrogens with one attached hydrogen (secondary N) is 2. The van der Waals surface area contributed by atoms with Crippen LogP contribution in [0.5, 0.6) is 5.75 Å². The number of hydrogen-bond donors (Lipinski definition) is 2. The number of aromatic nitrogens is 2. The van der Waals surface area contributed by atoms with E-state index in [0.29, 0.717) is 24.6 Å². The summed E-state index contributed by atoms with van der Waals surface area (Å²) in [6.45, 7) is 3.94. The van der Waals surface area contributed by atoms with Crippen LogP contribution in [0.4, 0.5) is 18.9 Å². The van der Waals surface area contributed by atoms with Gasteiger partial charge in [0.15, 0.2) is 0 Å². The lowest BCUT2D eigenvalue weighted by Gasteiger charge is -2.43. The third-order valence-corrected chi connectivity index (χ3v) is 7.28. The largest absolute Gasteiger partial charge is 0.496 e. The summed E-state index contributed by atoms with van der Waals surface area (Å²) in [4.78, 5) is 4.11. The van der Waals surface area contributed by atoms with Gasteiger partial charge < -0.3 is 10.1 Å². The van der Waals surface area contributed by atoms with E-state index in [1.54, 1.807) is 7.11 Å². The summed E-state index contributed by atoms with van der Waals surface area (Å²) >= 11 is 0. The topological polar surface area (TPSA) is 56.4 Å². The van der Waals surface area contributed by atoms with Gasteiger partial charge in [0.2, 0.25) is 0 Å². The number of aromatic amines is 1. The molecule has 2 aliphatic rings. The van der Waals surface area contributed by atoms with E-state index in [9.17, 15) is 13.2 Å². The van der Waals surface area contributed by atoms with Gasteiger partial charge in [0, 0.05) is 48.4 Å². The van der Waals surface area contributed by atoms with Gasteiger partial charge in [-0.3, -0.25) is 19.3 Å². The molecule has 1 saturated heterocycles. The Morgan fingerprint density at radius 2 is 2.00 bits per heavy atom. The Morgan fingerprint density at radius 1 is 1.20 bits per heavy atom. The second kappa shape index (κ2) is 10.1. The molecular formula is C26H32F3N5O. The Morgan fingerprint density at radius 3 is 2.74 bits per heavy atom. The van der Waals surface area contributed by atoms with Crippen molar-refractivity contribution in [3.05, 3.63) is 53.2 Å². The van der Waals surface area contributed by atoms with Gasteiger partial charge in [0.05, 0.1) is 44.1 Å². The van der Waals surface area contributed by atoms with Crippen molar-refractivity contribution in [3.63, 3.8) is 0 Å². The molecule has 2 aliphatic heterocycles. The van der Waals surface area contributed by atoms with E-state index in [0.717, 1.165) is 52.9 Å². The Balaban J connectivity index is 1.46. The summed E-state index contributed by atoms with van der Waals surface area (Å²) in [6, 6.07) is 9.81. The van der Waals surface area contributed by atoms with E-state index < -0.39 is 6.43 Å². The number of halogens is 3. The summed E-state index contributed by atoms with van der Waals surface area (Å²) in [5, 5.41) is 11.8. The molecule has 2 aromatic carbocycles. The number of H-pyrrole nitrogens is 1. The SMILES string of the molecule is COc1cc(NC2CN(CCCF)C2)ccc1C1c2ccc3[nH]ncc3c2C[C@@H](C)N1CC(F)F. The van der Waals surface area contributed by atoms with Gasteiger partial charge in [-0.15, -0.1) is 0 Å². The van der Waals surface area contributed by atoms with Crippen molar-refractivity contribution in [2.24, 2.45) is 0 Å². The summed E-state index contributed by atoms with van der Waals surface area (Å²) in [5.41, 5.74) is 4.90. The van der Waals surface area contributed by atoms with E-state index in [1.165, 1.54) is 0 Å². The quantitative estimate of drug-likeness (QED) is 0.461. The first-order valence-corrected chi connectivity index (χ1v) is 12.2. The van der Waals surface area contributed by atoms with Gasteiger partial charge in [0.1, 0.15) is 5.75 Å². The molecule has 3 heterocycles. The van der Waals surface area contributed by atoms with E-state index in [4.69, 9.17) is 4.74 Å². The highest BCUT2D eigenvalue weighted by Crippen LogP contribution is 2.44. The first-order chi connectivity index (χ1) is 17.0. The number of methoxy groups -OCH3 is 1. The van der Waals surface area contributed by atoms with E-state index >= 15 is 0 Å². The number of nitrogens with zero attached hydrogens (tertiary/aromatic N) is 3. The monoisotopic (exact) mass is 487 g/mol. The normalized spacial score (nSPS) is 21.3. The third-order valence-electron chi connectivity index (χ3n) is 7.28. The lowest BCUT2D eigenvalue weighted by atomic mass is 9.83. The number of likely N-dealkylation sites (tertiary alicyclic amines) is 1. The van der Waals surface area contributed by atoms with Crippen molar-refractivity contribution in [3.8, 4) is 5.75 Å². The third kappa shape index (κ3) is 4.71. The summed E-state index contributed by atoms with van der Waals surface area (Å²) < 4.78 is 45.6. The molecule has 35 heavy (non-hydrogen) atoms. The van der Waals surface area contributed by atoms with Gasteiger partial charge in [-0.25, -0.2) is 8.78 Å². The average molecular weight is 488 g/mol. The van der Waals surface area contributed by atoms with Crippen LogP contribution in [0, 0.1) is 0 Å². The first kappa shape index (κ1) is 23.9. The maximum atomic E-state index is 13.7. The summed E-state index contributed by atoms with van der Waals surface area (Å²) in [7, 11) is 1.62. The van der Waals surface area contributed by atoms with Crippen molar-refractivity contribution in [2.45, 2.75) is 44.3 Å². The van der Waals surface area contributed by atoms with Gasteiger partial charge in [0.25, 0.3) is 6.43 Å². The zero-order valence-corrected chi connectivity index (χ0v) is 20.1. The molecule has 0 saturated carbocycles. The van der Waals surface area contributed by atoms with Crippen LogP contribution in [0.1, 0.15) is 36.1 Å². The molecule has 5 rings (SSSR count). The number of hydrogen-bond acceptors (Lipinski definition) is 5. The number of fused-ring (bicyclic) bond motifs is 3. The lowest BCUT2D eigenvalue weighted by molar-refractivity contribution is 0.0460. The molecule has 188 valence electrons. The van der Waals surface area contributed by atoms with Crippen LogP contribution >= 0.6 is 0 Å². The molecule has 2 N–H and O–H groups in total. The van der Waals surface area contributed by atoms with Gasteiger partial charge >= 0.3 is 0 Å². The molecular weight excluding hydrogens is 455 g/mol. The van der Waals surface area contributed by atoms with Crippen LogP contribution in [0.3, 0.4) is 0 Å². The van der Waals surface area contributed by atoms with Gasteiger partial charge in [-0.2, -0.15) is 5.10 Å². The average Bonchev–Trinajstić information content (AvgIpc) is 3.30. The van der Waals surface area contributed by atoms with Crippen LogP contribution in [0.15, 0.2) is 36.5 Å². The van der Waals surface area contributed by atoms with Crippen LogP contribution in [-0.4, -0.2) is 78.5 Å². The van der Waals surface area contributed by atoms with E-state index in [2.05, 4.69) is 20.4 Å². The zero-order chi connectivity index (χ0) is 24.5. The molecule has 1 aromatic heterocycles. The van der Waals surface area contributed by atoms with Gasteiger partial charge in [-0.05, 0) is 43.0 Å². The second-order valence-electron chi connectivity index (χ2n) is 9.61. The highest BCUT2D eigenvalue weighted by atomic mass is 19.3. The maximum Gasteiger partial charge on any atom is 0.251 e. The molecule has 0 spiro atoms. The number of rotatable bonds is 9. The van der Waals surface area contributed by atoms with Crippen molar-refractivity contribution in [1.29, 1.82) is 0 Å². The molecule has 0 aliphatic carbocycles. The Labute approximate surface area is 203 Å². The van der Waals surface area contributed by atoms with Crippen LogP contribution in [0.25, 0.3) is 10.9 Å². The minimum Gasteiger partial charge on any atom is -0.496 e. The van der Waals surface area contributed by atoms with Crippen molar-refractivity contribution >= 4 is 16.6 Å². The fraction of sp³-hybridized carbons (Fsp3) is 0.500. The predicted molar refractivity (Wildman–Crippen MR) is 131 cm³/mol. The van der Waals surface area contributed by atoms with E-state index in [-0.39, 0.29) is 25.3 Å². The molecule has 6 nitrogen and oxygen atoms in total. The number of anilines is 1. The molecule has 1 unspecified atom stereocenters. The number of benzene rings is 2. The smallest absolute Gasteiger partial charge is 0.251 e. The second-order valence-corrected chi connectivity index (χ2v) is 9.61. The predicted octanol–water partition coefficient (Wildman–Crippen LogP) is 4.63. The maximum absolute atomic E-state index is 13.7. The molecule has 0 amide bonds. The minimum absolute atomic E-state index is 0.0743. The standard InChI is InChI=1S/C26H32F3N5O/c1-16-10-21-19(6-7-23-22(21)12-30-32-23)26(34(16)15-25(28)29)20-5-4-17(11-24(20)35-2)31-18-13-33(14-18)9-3-8-27/h4-7,11-12,16,18,25-26,31H,3,8-10,13-15H2,1-2H3,(H,30,32)/t16-,26?/m1/s1. The number of ether oxygens (including phenoxy) is 1.